The largest absolute Gasteiger partial charge is 0.469 e. The van der Waals surface area contributed by atoms with Gasteiger partial charge in [-0.2, -0.15) is 12.6 Å². The van der Waals surface area contributed by atoms with E-state index in [2.05, 4.69) is 48.7 Å². The van der Waals surface area contributed by atoms with E-state index in [-0.39, 0.29) is 23.3 Å². The lowest BCUT2D eigenvalue weighted by atomic mass is 9.57. The first-order chi connectivity index (χ1) is 19.9. The third kappa shape index (κ3) is 10.8. The number of hydrogen-bond acceptors (Lipinski definition) is 6. The molecular weight excluding hydrogens is 530 g/mol. The van der Waals surface area contributed by atoms with Crippen molar-refractivity contribution in [2.24, 2.45) is 11.8 Å². The molecule has 1 aliphatic heterocycles. The summed E-state index contributed by atoms with van der Waals surface area (Å²) in [4.78, 5) is 26.7. The summed E-state index contributed by atoms with van der Waals surface area (Å²) in [6, 6.07) is 18.7. The van der Waals surface area contributed by atoms with Crippen LogP contribution < -0.4 is 4.74 Å². The number of thiol groups is 1. The molecule has 41 heavy (non-hydrogen) atoms. The highest BCUT2D eigenvalue weighted by atomic mass is 32.1. The van der Waals surface area contributed by atoms with Gasteiger partial charge in [-0.15, -0.1) is 0 Å². The quantitative estimate of drug-likeness (QED) is 0.200. The van der Waals surface area contributed by atoms with Crippen molar-refractivity contribution < 1.29 is 19.1 Å². The summed E-state index contributed by atoms with van der Waals surface area (Å²) in [6.45, 7) is 17.5. The number of rotatable bonds is 7. The Balaban J connectivity index is 0.00000184. The maximum atomic E-state index is 12.7. The minimum absolute atomic E-state index is 0.0791. The molecule has 2 aliphatic rings. The number of carbonyl (C=O) groups is 2. The summed E-state index contributed by atoms with van der Waals surface area (Å²) in [7, 11) is 1.49. The number of fused-ring (bicyclic) bond motifs is 2. The minimum Gasteiger partial charge on any atom is -0.469 e. The van der Waals surface area contributed by atoms with Gasteiger partial charge in [-0.25, -0.2) is 0 Å². The van der Waals surface area contributed by atoms with Gasteiger partial charge in [0.1, 0.15) is 5.75 Å². The van der Waals surface area contributed by atoms with Crippen molar-refractivity contribution in [2.75, 3.05) is 26.5 Å². The van der Waals surface area contributed by atoms with E-state index in [1.54, 1.807) is 6.26 Å². The van der Waals surface area contributed by atoms with Gasteiger partial charge in [-0.3, -0.25) is 14.5 Å². The van der Waals surface area contributed by atoms with Crippen LogP contribution in [-0.2, 0) is 26.2 Å². The standard InChI is InChI=1S/C28H35NO4.3C2H6.CH4S/c1-20-26-13-8-14-28(20,24-11-7-12-25(18-24)33-21(2)30)15-16-29(26)19-23(27(31)32-3)17-22-9-5-4-6-10-22;4*1-2/h4-7,9-12,18,20,23,26H,8,13-17,19H2,1-3H3;3*1-2H3;2H,1H3. The van der Waals surface area contributed by atoms with Gasteiger partial charge in [0.15, 0.2) is 0 Å². The summed E-state index contributed by atoms with van der Waals surface area (Å²) in [6.07, 6.45) is 6.87. The molecular formula is C35H57NO4S. The highest BCUT2D eigenvalue weighted by Gasteiger charge is 2.49. The number of likely N-dealkylation sites (tertiary alicyclic amines) is 1. The first kappa shape index (κ1) is 38.7. The fourth-order valence-electron chi connectivity index (χ4n) is 6.22. The van der Waals surface area contributed by atoms with E-state index < -0.39 is 0 Å². The highest BCUT2D eigenvalue weighted by Crippen LogP contribution is 2.51. The van der Waals surface area contributed by atoms with Crippen molar-refractivity contribution in [3.05, 3.63) is 65.7 Å². The number of methoxy groups -OCH3 is 1. The summed E-state index contributed by atoms with van der Waals surface area (Å²) in [5.74, 6) is 0.475. The molecule has 0 aromatic heterocycles. The van der Waals surface area contributed by atoms with Crippen LogP contribution in [0, 0.1) is 11.8 Å². The molecule has 4 atom stereocenters. The Bertz CT molecular complexity index is 983. The lowest BCUT2D eigenvalue weighted by molar-refractivity contribution is -0.147. The van der Waals surface area contributed by atoms with Crippen molar-refractivity contribution in [1.82, 2.24) is 4.90 Å². The number of hydrogen-bond donors (Lipinski definition) is 1. The van der Waals surface area contributed by atoms with E-state index >= 15 is 0 Å². The normalized spacial score (nSPS) is 21.3. The van der Waals surface area contributed by atoms with Crippen LogP contribution in [0.5, 0.6) is 5.75 Å². The van der Waals surface area contributed by atoms with Crippen LogP contribution >= 0.6 is 12.6 Å². The monoisotopic (exact) mass is 587 g/mol. The number of nitrogens with zero attached hydrogens (tertiary/aromatic N) is 1. The van der Waals surface area contributed by atoms with Gasteiger partial charge in [-0.05, 0) is 67.7 Å². The molecule has 0 amide bonds. The van der Waals surface area contributed by atoms with Crippen molar-refractivity contribution in [1.29, 1.82) is 0 Å². The highest BCUT2D eigenvalue weighted by molar-refractivity contribution is 7.79. The van der Waals surface area contributed by atoms with Crippen molar-refractivity contribution >= 4 is 24.6 Å². The molecule has 1 aliphatic carbocycles. The minimum atomic E-state index is -0.290. The molecule has 4 unspecified atom stereocenters. The maximum absolute atomic E-state index is 12.7. The molecule has 2 aromatic carbocycles. The lowest BCUT2D eigenvalue weighted by Crippen LogP contribution is -2.58. The van der Waals surface area contributed by atoms with E-state index in [9.17, 15) is 9.59 Å². The summed E-state index contributed by atoms with van der Waals surface area (Å²) < 4.78 is 10.6. The Morgan fingerprint density at radius 1 is 0.976 bits per heavy atom. The maximum Gasteiger partial charge on any atom is 0.310 e. The van der Waals surface area contributed by atoms with E-state index in [1.165, 1.54) is 25.2 Å². The Morgan fingerprint density at radius 3 is 2.20 bits per heavy atom. The van der Waals surface area contributed by atoms with Gasteiger partial charge in [-0.1, -0.05) is 97.4 Å². The van der Waals surface area contributed by atoms with E-state index in [1.807, 2.05) is 71.9 Å². The molecule has 1 saturated carbocycles. The average molecular weight is 588 g/mol. The molecule has 0 radical (unpaired) electrons. The van der Waals surface area contributed by atoms with Crippen molar-refractivity contribution in [3.8, 4) is 5.75 Å². The van der Waals surface area contributed by atoms with Crippen LogP contribution in [0.1, 0.15) is 92.2 Å². The van der Waals surface area contributed by atoms with Gasteiger partial charge in [0.05, 0.1) is 13.0 Å². The van der Waals surface area contributed by atoms with Gasteiger partial charge in [0, 0.05) is 24.9 Å². The topological polar surface area (TPSA) is 55.8 Å². The Hall–Kier alpha value is -2.31. The molecule has 6 heteroatoms. The number of benzene rings is 2. The van der Waals surface area contributed by atoms with E-state index in [0.29, 0.717) is 24.1 Å². The van der Waals surface area contributed by atoms with Gasteiger partial charge in [0.2, 0.25) is 0 Å². The summed E-state index contributed by atoms with van der Waals surface area (Å²) in [5.41, 5.74) is 2.51. The summed E-state index contributed by atoms with van der Waals surface area (Å²) in [5, 5.41) is 0. The third-order valence-electron chi connectivity index (χ3n) is 7.87. The second-order valence-electron chi connectivity index (χ2n) is 9.68. The molecule has 2 bridgehead atoms. The van der Waals surface area contributed by atoms with Crippen LogP contribution in [0.4, 0.5) is 0 Å². The van der Waals surface area contributed by atoms with Crippen LogP contribution in [0.3, 0.4) is 0 Å². The van der Waals surface area contributed by atoms with Crippen LogP contribution in [0.15, 0.2) is 54.6 Å². The average Bonchev–Trinajstić information content (AvgIpc) is 3.02. The van der Waals surface area contributed by atoms with Crippen LogP contribution in [0.25, 0.3) is 0 Å². The fourth-order valence-corrected chi connectivity index (χ4v) is 6.22. The molecule has 1 heterocycles. The lowest BCUT2D eigenvalue weighted by Gasteiger charge is -2.56. The molecule has 2 fully saturated rings. The van der Waals surface area contributed by atoms with Crippen LogP contribution in [0.2, 0.25) is 0 Å². The Labute approximate surface area is 256 Å². The molecule has 0 N–H and O–H groups in total. The molecule has 232 valence electrons. The zero-order valence-corrected chi connectivity index (χ0v) is 28.3. The van der Waals surface area contributed by atoms with Gasteiger partial charge < -0.3 is 9.47 Å². The fraction of sp³-hybridized carbons (Fsp3) is 0.600. The first-order valence-corrected chi connectivity index (χ1v) is 16.4. The number of piperidine rings is 1. The second-order valence-corrected chi connectivity index (χ2v) is 9.68. The molecule has 0 spiro atoms. The molecule has 1 saturated heterocycles. The number of ether oxygens (including phenoxy) is 2. The Kier molecular flexibility index (Phi) is 20.2. The second kappa shape index (κ2) is 21.4. The zero-order valence-electron chi connectivity index (χ0n) is 27.4. The molecule has 2 aromatic rings. The predicted molar refractivity (Wildman–Crippen MR) is 177 cm³/mol. The van der Waals surface area contributed by atoms with E-state index in [0.717, 1.165) is 38.8 Å². The zero-order chi connectivity index (χ0) is 31.4. The van der Waals surface area contributed by atoms with Gasteiger partial charge in [0.25, 0.3) is 0 Å². The molecule has 5 nitrogen and oxygen atoms in total. The van der Waals surface area contributed by atoms with E-state index in [4.69, 9.17) is 9.47 Å². The number of esters is 2. The van der Waals surface area contributed by atoms with Crippen molar-refractivity contribution in [3.63, 3.8) is 0 Å². The molecule has 4 rings (SSSR count). The SMILES string of the molecule is CC.CC.CC.COC(=O)C(Cc1ccccc1)CN1CCC2(c3cccc(OC(C)=O)c3)CCCC1C2C.CS. The van der Waals surface area contributed by atoms with Crippen molar-refractivity contribution in [2.45, 2.75) is 99.0 Å². The first-order valence-electron chi connectivity index (χ1n) is 15.5. The summed E-state index contributed by atoms with van der Waals surface area (Å²) >= 11 is 3.53. The van der Waals surface area contributed by atoms with Crippen LogP contribution in [-0.4, -0.2) is 49.3 Å². The third-order valence-corrected chi connectivity index (χ3v) is 7.87. The van der Waals surface area contributed by atoms with Gasteiger partial charge >= 0.3 is 11.9 Å². The Morgan fingerprint density at radius 2 is 1.61 bits per heavy atom. The predicted octanol–water partition coefficient (Wildman–Crippen LogP) is 8.40. The number of carbonyl (C=O) groups excluding carboxylic acids is 2. The smallest absolute Gasteiger partial charge is 0.310 e.